The second-order valence-electron chi connectivity index (χ2n) is 6.63. The Kier molecular flexibility index (Phi) is 4.96. The van der Waals surface area contributed by atoms with Crippen LogP contribution in [0.3, 0.4) is 0 Å². The molecule has 1 aliphatic rings. The molecule has 0 unspecified atom stereocenters. The monoisotopic (exact) mass is 401 g/mol. The van der Waals surface area contributed by atoms with E-state index in [1.54, 1.807) is 15.8 Å². The molecule has 3 aromatic rings. The van der Waals surface area contributed by atoms with E-state index in [0.717, 1.165) is 33.8 Å². The summed E-state index contributed by atoms with van der Waals surface area (Å²) >= 11 is 2.85. The number of rotatable bonds is 7. The van der Waals surface area contributed by atoms with E-state index in [1.165, 1.54) is 29.4 Å². The van der Waals surface area contributed by atoms with Gasteiger partial charge in [0.1, 0.15) is 11.4 Å². The van der Waals surface area contributed by atoms with Crippen LogP contribution in [-0.2, 0) is 18.4 Å². The molecule has 3 heterocycles. The van der Waals surface area contributed by atoms with Gasteiger partial charge in [0.05, 0.1) is 28.8 Å². The van der Waals surface area contributed by atoms with Crippen LogP contribution < -0.4 is 0 Å². The normalized spacial score (nSPS) is 13.9. The van der Waals surface area contributed by atoms with E-state index in [0.29, 0.717) is 17.2 Å². The van der Waals surface area contributed by atoms with Crippen molar-refractivity contribution in [1.29, 1.82) is 0 Å². The van der Waals surface area contributed by atoms with Gasteiger partial charge >= 0.3 is 0 Å². The molecule has 0 saturated heterocycles. The highest BCUT2D eigenvalue weighted by atomic mass is 32.2. The van der Waals surface area contributed by atoms with Gasteiger partial charge in [0, 0.05) is 24.9 Å². The molecule has 140 valence electrons. The summed E-state index contributed by atoms with van der Waals surface area (Å²) in [6.45, 7) is 0.558. The SMILES string of the molecule is CN(Cc1ccc(C(=O)CSc2ncnc3c2cnn3C)s1)C(=O)C1CC1. The molecule has 0 aromatic carbocycles. The number of hydrogen-bond donors (Lipinski definition) is 0. The van der Waals surface area contributed by atoms with E-state index in [4.69, 9.17) is 0 Å². The molecule has 0 aliphatic heterocycles. The number of ketones is 1. The Hall–Kier alpha value is -2.26. The molecule has 0 spiro atoms. The van der Waals surface area contributed by atoms with Crippen molar-refractivity contribution in [2.45, 2.75) is 24.4 Å². The molecule has 0 radical (unpaired) electrons. The molecule has 1 saturated carbocycles. The average molecular weight is 402 g/mol. The van der Waals surface area contributed by atoms with E-state index >= 15 is 0 Å². The number of carbonyl (C=O) groups is 2. The molecular formula is C18H19N5O2S2. The second-order valence-corrected chi connectivity index (χ2v) is 8.76. The summed E-state index contributed by atoms with van der Waals surface area (Å²) in [7, 11) is 3.65. The molecule has 0 atom stereocenters. The van der Waals surface area contributed by atoms with Crippen molar-refractivity contribution in [3.05, 3.63) is 34.4 Å². The maximum atomic E-state index is 12.6. The highest BCUT2D eigenvalue weighted by Gasteiger charge is 2.32. The highest BCUT2D eigenvalue weighted by Crippen LogP contribution is 2.31. The standard InChI is InChI=1S/C18H19N5O2S2/c1-22(18(25)11-3-4-11)8-12-5-6-15(27-12)14(24)9-26-17-13-7-21-23(2)16(13)19-10-20-17/h5-7,10-11H,3-4,8-9H2,1-2H3. The number of nitrogens with zero attached hydrogens (tertiary/aromatic N) is 5. The predicted molar refractivity (Wildman–Crippen MR) is 105 cm³/mol. The van der Waals surface area contributed by atoms with Crippen molar-refractivity contribution >= 4 is 45.8 Å². The summed E-state index contributed by atoms with van der Waals surface area (Å²) in [4.78, 5) is 36.6. The van der Waals surface area contributed by atoms with E-state index in [-0.39, 0.29) is 17.6 Å². The minimum Gasteiger partial charge on any atom is -0.340 e. The number of hydrogen-bond acceptors (Lipinski definition) is 7. The zero-order chi connectivity index (χ0) is 19.0. The Morgan fingerprint density at radius 1 is 1.33 bits per heavy atom. The summed E-state index contributed by atoms with van der Waals surface area (Å²) in [5, 5.41) is 5.80. The molecule has 9 heteroatoms. The van der Waals surface area contributed by atoms with Crippen molar-refractivity contribution in [2.75, 3.05) is 12.8 Å². The van der Waals surface area contributed by atoms with E-state index in [1.807, 2.05) is 26.2 Å². The van der Waals surface area contributed by atoms with Gasteiger partial charge < -0.3 is 4.90 Å². The molecule has 0 bridgehead atoms. The lowest BCUT2D eigenvalue weighted by atomic mass is 10.3. The fourth-order valence-electron chi connectivity index (χ4n) is 2.83. The van der Waals surface area contributed by atoms with Crippen molar-refractivity contribution in [1.82, 2.24) is 24.6 Å². The van der Waals surface area contributed by atoms with E-state index < -0.39 is 0 Å². The van der Waals surface area contributed by atoms with Crippen molar-refractivity contribution < 1.29 is 9.59 Å². The Bertz CT molecular complexity index is 1010. The number of amides is 1. The number of Topliss-reactive ketones (excluding diaryl/α,β-unsaturated/α-hetero) is 1. The molecule has 1 fully saturated rings. The third-order valence-corrected chi connectivity index (χ3v) is 6.58. The van der Waals surface area contributed by atoms with Gasteiger partial charge in [-0.3, -0.25) is 14.3 Å². The molecule has 7 nitrogen and oxygen atoms in total. The summed E-state index contributed by atoms with van der Waals surface area (Å²) in [6, 6.07) is 3.78. The summed E-state index contributed by atoms with van der Waals surface area (Å²) < 4.78 is 1.69. The number of thiophene rings is 1. The van der Waals surface area contributed by atoms with Gasteiger partial charge in [-0.05, 0) is 25.0 Å². The largest absolute Gasteiger partial charge is 0.340 e. The van der Waals surface area contributed by atoms with Crippen LogP contribution >= 0.6 is 23.1 Å². The van der Waals surface area contributed by atoms with E-state index in [2.05, 4.69) is 15.1 Å². The maximum absolute atomic E-state index is 12.6. The first kappa shape index (κ1) is 18.1. The average Bonchev–Trinajstić information content (AvgIpc) is 3.30. The smallest absolute Gasteiger partial charge is 0.225 e. The van der Waals surface area contributed by atoms with Gasteiger partial charge in [-0.25, -0.2) is 9.97 Å². The van der Waals surface area contributed by atoms with Crippen LogP contribution in [0.25, 0.3) is 11.0 Å². The van der Waals surface area contributed by atoms with Crippen LogP contribution in [0.1, 0.15) is 27.4 Å². The Morgan fingerprint density at radius 3 is 2.93 bits per heavy atom. The molecule has 4 rings (SSSR count). The third kappa shape index (κ3) is 3.89. The zero-order valence-corrected chi connectivity index (χ0v) is 16.7. The van der Waals surface area contributed by atoms with Crippen LogP contribution in [0.15, 0.2) is 29.7 Å². The first-order chi connectivity index (χ1) is 13.0. The number of thioether (sulfide) groups is 1. The quantitative estimate of drug-likeness (QED) is 0.344. The zero-order valence-electron chi connectivity index (χ0n) is 15.1. The van der Waals surface area contributed by atoms with Crippen LogP contribution in [-0.4, -0.2) is 49.1 Å². The lowest BCUT2D eigenvalue weighted by molar-refractivity contribution is -0.131. The van der Waals surface area contributed by atoms with Gasteiger partial charge in [0.15, 0.2) is 11.4 Å². The lowest BCUT2D eigenvalue weighted by Gasteiger charge is -2.15. The molecule has 1 amide bonds. The number of aryl methyl sites for hydroxylation is 1. The highest BCUT2D eigenvalue weighted by molar-refractivity contribution is 8.00. The Balaban J connectivity index is 1.38. The number of aromatic nitrogens is 4. The van der Waals surface area contributed by atoms with Gasteiger partial charge in [-0.15, -0.1) is 11.3 Å². The van der Waals surface area contributed by atoms with Gasteiger partial charge in [-0.1, -0.05) is 11.8 Å². The van der Waals surface area contributed by atoms with Gasteiger partial charge in [0.25, 0.3) is 0 Å². The topological polar surface area (TPSA) is 81.0 Å². The predicted octanol–water partition coefficient (Wildman–Crippen LogP) is 2.77. The van der Waals surface area contributed by atoms with E-state index in [9.17, 15) is 9.59 Å². The summed E-state index contributed by atoms with van der Waals surface area (Å²) in [5.74, 6) is 0.779. The van der Waals surface area contributed by atoms with Crippen LogP contribution in [0, 0.1) is 5.92 Å². The molecule has 3 aromatic heterocycles. The number of carbonyl (C=O) groups excluding carboxylic acids is 2. The van der Waals surface area contributed by atoms with Gasteiger partial charge in [0.2, 0.25) is 5.91 Å². The molecule has 0 N–H and O–H groups in total. The first-order valence-corrected chi connectivity index (χ1v) is 10.5. The molecular weight excluding hydrogens is 382 g/mol. The van der Waals surface area contributed by atoms with Gasteiger partial charge in [-0.2, -0.15) is 5.10 Å². The summed E-state index contributed by atoms with van der Waals surface area (Å²) in [5.41, 5.74) is 0.752. The van der Waals surface area contributed by atoms with Crippen molar-refractivity contribution in [2.24, 2.45) is 13.0 Å². The maximum Gasteiger partial charge on any atom is 0.225 e. The number of fused-ring (bicyclic) bond motifs is 1. The second kappa shape index (κ2) is 7.40. The minimum atomic E-state index is 0.0584. The minimum absolute atomic E-state index is 0.0584. The summed E-state index contributed by atoms with van der Waals surface area (Å²) in [6.07, 6.45) is 5.22. The van der Waals surface area contributed by atoms with Crippen molar-refractivity contribution in [3.8, 4) is 0 Å². The fraction of sp³-hybridized carbons (Fsp3) is 0.389. The molecule has 1 aliphatic carbocycles. The van der Waals surface area contributed by atoms with Crippen LogP contribution in [0.4, 0.5) is 0 Å². The van der Waals surface area contributed by atoms with Crippen molar-refractivity contribution in [3.63, 3.8) is 0 Å². The fourth-order valence-corrected chi connectivity index (χ4v) is 4.76. The first-order valence-electron chi connectivity index (χ1n) is 8.65. The van der Waals surface area contributed by atoms with Crippen LogP contribution in [0.5, 0.6) is 0 Å². The van der Waals surface area contributed by atoms with Crippen LogP contribution in [0.2, 0.25) is 0 Å². The lowest BCUT2D eigenvalue weighted by Crippen LogP contribution is -2.27. The Morgan fingerprint density at radius 2 is 2.15 bits per heavy atom. The molecule has 27 heavy (non-hydrogen) atoms. The third-order valence-electron chi connectivity index (χ3n) is 4.47. The Labute approximate surface area is 164 Å².